The van der Waals surface area contributed by atoms with Crippen molar-refractivity contribution in [2.45, 2.75) is 23.7 Å². The Kier molecular flexibility index (Phi) is 3.78. The molecule has 0 aromatic heterocycles. The van der Waals surface area contributed by atoms with E-state index in [1.807, 2.05) is 0 Å². The summed E-state index contributed by atoms with van der Waals surface area (Å²) in [7, 11) is 0. The van der Waals surface area contributed by atoms with Gasteiger partial charge >= 0.3 is 35.8 Å². The number of rotatable bonds is 5. The molecule has 0 saturated heterocycles. The fourth-order valence-electron chi connectivity index (χ4n) is 0.641. The molecule has 0 heterocycles. The Bertz CT molecular complexity index is 337. The maximum Gasteiger partial charge on any atom is 0.404 e. The van der Waals surface area contributed by atoms with Gasteiger partial charge in [-0.1, -0.05) is 0 Å². The van der Waals surface area contributed by atoms with Gasteiger partial charge in [0.25, 0.3) is 0 Å². The van der Waals surface area contributed by atoms with Crippen molar-refractivity contribution in [3.63, 3.8) is 0 Å². The van der Waals surface area contributed by atoms with E-state index in [1.165, 1.54) is 0 Å². The highest BCUT2D eigenvalue weighted by molar-refractivity contribution is 5.80. The van der Waals surface area contributed by atoms with Crippen molar-refractivity contribution >= 4 is 12.1 Å². The van der Waals surface area contributed by atoms with E-state index in [0.29, 0.717) is 0 Å². The van der Waals surface area contributed by atoms with Crippen LogP contribution in [0.2, 0.25) is 0 Å². The Labute approximate surface area is 90.5 Å². The third-order valence-corrected chi connectivity index (χ3v) is 1.68. The lowest BCUT2D eigenvalue weighted by molar-refractivity contribution is -0.350. The standard InChI is InChI=1S/C6F10O2/c7-1(17)3(9,10)5(13,14)6(15,16)4(11,12)2(8)18. The zero-order chi connectivity index (χ0) is 15.2. The number of halogens is 10. The van der Waals surface area contributed by atoms with E-state index in [4.69, 9.17) is 0 Å². The van der Waals surface area contributed by atoms with Gasteiger partial charge in [-0.25, -0.2) is 0 Å². The second-order valence-electron chi connectivity index (χ2n) is 2.84. The fraction of sp³-hybridized carbons (Fsp3) is 0.667. The molecule has 0 aliphatic rings. The van der Waals surface area contributed by atoms with E-state index in [1.54, 1.807) is 0 Å². The van der Waals surface area contributed by atoms with Crippen molar-refractivity contribution in [2.75, 3.05) is 0 Å². The Morgan fingerprint density at radius 2 is 0.722 bits per heavy atom. The summed E-state index contributed by atoms with van der Waals surface area (Å²) < 4.78 is 121. The highest BCUT2D eigenvalue weighted by Crippen LogP contribution is 2.53. The number of carbonyl (C=O) groups excluding carboxylic acids is 2. The lowest BCUT2D eigenvalue weighted by Gasteiger charge is -2.32. The molecule has 2 nitrogen and oxygen atoms in total. The van der Waals surface area contributed by atoms with Crippen LogP contribution in [0, 0.1) is 0 Å². The second-order valence-corrected chi connectivity index (χ2v) is 2.84. The van der Waals surface area contributed by atoms with Crippen LogP contribution >= 0.6 is 0 Å². The van der Waals surface area contributed by atoms with Crippen LogP contribution in [0.1, 0.15) is 0 Å². The van der Waals surface area contributed by atoms with Gasteiger partial charge in [-0.05, 0) is 0 Å². The maximum absolute atomic E-state index is 12.3. The fourth-order valence-corrected chi connectivity index (χ4v) is 0.641. The third-order valence-electron chi connectivity index (χ3n) is 1.68. The molecule has 12 heteroatoms. The average Bonchev–Trinajstić information content (AvgIpc) is 2.15. The number of hydrogen-bond donors (Lipinski definition) is 0. The van der Waals surface area contributed by atoms with Crippen LogP contribution in [0.15, 0.2) is 0 Å². The zero-order valence-corrected chi connectivity index (χ0v) is 7.60. The van der Waals surface area contributed by atoms with Crippen molar-refractivity contribution in [1.29, 1.82) is 0 Å². The Hall–Kier alpha value is -1.36. The number of alkyl halides is 8. The molecule has 0 radical (unpaired) electrons. The monoisotopic (exact) mass is 294 g/mol. The van der Waals surface area contributed by atoms with Crippen LogP contribution in [0.5, 0.6) is 0 Å². The van der Waals surface area contributed by atoms with E-state index < -0.39 is 35.8 Å². The summed E-state index contributed by atoms with van der Waals surface area (Å²) in [5.74, 6) is -28.4. The van der Waals surface area contributed by atoms with Crippen LogP contribution in [0.25, 0.3) is 0 Å². The minimum atomic E-state index is -7.32. The molecule has 18 heavy (non-hydrogen) atoms. The molecule has 106 valence electrons. The average molecular weight is 294 g/mol. The first-order valence-corrected chi connectivity index (χ1v) is 3.55. The summed E-state index contributed by atoms with van der Waals surface area (Å²) >= 11 is 0. The molecule has 0 unspecified atom stereocenters. The molecular weight excluding hydrogens is 294 g/mol. The van der Waals surface area contributed by atoms with Gasteiger partial charge < -0.3 is 0 Å². The minimum Gasteiger partial charge on any atom is -0.254 e. The zero-order valence-electron chi connectivity index (χ0n) is 7.60. The second kappa shape index (κ2) is 4.09. The summed E-state index contributed by atoms with van der Waals surface area (Å²) in [6.07, 6.45) is 0. The van der Waals surface area contributed by atoms with Gasteiger partial charge in [0, 0.05) is 0 Å². The topological polar surface area (TPSA) is 34.1 Å². The highest BCUT2D eigenvalue weighted by Gasteiger charge is 2.85. The summed E-state index contributed by atoms with van der Waals surface area (Å²) in [4.78, 5) is 18.8. The molecule has 0 aromatic rings. The van der Waals surface area contributed by atoms with Crippen molar-refractivity contribution < 1.29 is 53.5 Å². The predicted molar refractivity (Wildman–Crippen MR) is 32.0 cm³/mol. The van der Waals surface area contributed by atoms with Gasteiger partial charge in [0.15, 0.2) is 0 Å². The minimum absolute atomic E-state index is 4.35. The molecule has 0 amide bonds. The first-order chi connectivity index (χ1) is 7.64. The summed E-state index contributed by atoms with van der Waals surface area (Å²) in [6.45, 7) is 0. The van der Waals surface area contributed by atoms with E-state index in [0.717, 1.165) is 0 Å². The van der Waals surface area contributed by atoms with Gasteiger partial charge in [0.05, 0.1) is 0 Å². The SMILES string of the molecule is O=C(F)C(F)(F)C(F)(F)C(F)(F)C(F)(F)C(=O)F. The normalized spacial score (nSPS) is 14.6. The van der Waals surface area contributed by atoms with Gasteiger partial charge in [-0.3, -0.25) is 9.59 Å². The van der Waals surface area contributed by atoms with E-state index in [9.17, 15) is 53.5 Å². The Balaban J connectivity index is 5.89. The van der Waals surface area contributed by atoms with Gasteiger partial charge in [-0.2, -0.15) is 43.9 Å². The van der Waals surface area contributed by atoms with Crippen LogP contribution in [0.4, 0.5) is 43.9 Å². The molecule has 0 N–H and O–H groups in total. The summed E-state index contributed by atoms with van der Waals surface area (Å²) in [5.41, 5.74) is 0. The lowest BCUT2D eigenvalue weighted by atomic mass is 9.99. The molecule has 0 bridgehead atoms. The Morgan fingerprint density at radius 3 is 0.833 bits per heavy atom. The van der Waals surface area contributed by atoms with E-state index in [2.05, 4.69) is 0 Å². The molecule has 0 aromatic carbocycles. The van der Waals surface area contributed by atoms with Crippen molar-refractivity contribution in [3.05, 3.63) is 0 Å². The van der Waals surface area contributed by atoms with Crippen LogP contribution < -0.4 is 0 Å². The molecule has 0 fully saturated rings. The summed E-state index contributed by atoms with van der Waals surface area (Å²) in [6, 6.07) is -8.71. The first kappa shape index (κ1) is 16.6. The summed E-state index contributed by atoms with van der Waals surface area (Å²) in [5, 5.41) is 0. The van der Waals surface area contributed by atoms with Gasteiger partial charge in [-0.15, -0.1) is 0 Å². The Morgan fingerprint density at radius 1 is 0.556 bits per heavy atom. The molecular formula is C6F10O2. The predicted octanol–water partition coefficient (Wildman–Crippen LogP) is 2.52. The van der Waals surface area contributed by atoms with Crippen molar-refractivity contribution in [3.8, 4) is 0 Å². The third kappa shape index (κ3) is 1.92. The molecule has 0 spiro atoms. The smallest absolute Gasteiger partial charge is 0.254 e. The van der Waals surface area contributed by atoms with E-state index in [-0.39, 0.29) is 0 Å². The highest BCUT2D eigenvalue weighted by atomic mass is 19.4. The molecule has 0 rings (SSSR count). The largest absolute Gasteiger partial charge is 0.404 e. The molecule has 0 aliphatic carbocycles. The van der Waals surface area contributed by atoms with Crippen molar-refractivity contribution in [1.82, 2.24) is 0 Å². The quantitative estimate of drug-likeness (QED) is 0.577. The number of carbonyl (C=O) groups is 2. The van der Waals surface area contributed by atoms with Crippen LogP contribution in [0.3, 0.4) is 0 Å². The first-order valence-electron chi connectivity index (χ1n) is 3.55. The van der Waals surface area contributed by atoms with Crippen LogP contribution in [-0.4, -0.2) is 35.8 Å². The van der Waals surface area contributed by atoms with Gasteiger partial charge in [0.1, 0.15) is 0 Å². The molecule has 0 aliphatic heterocycles. The maximum atomic E-state index is 12.3. The van der Waals surface area contributed by atoms with Gasteiger partial charge in [0.2, 0.25) is 0 Å². The van der Waals surface area contributed by atoms with E-state index >= 15 is 0 Å². The number of hydrogen-bond acceptors (Lipinski definition) is 2. The molecule has 0 saturated carbocycles. The van der Waals surface area contributed by atoms with Crippen LogP contribution in [-0.2, 0) is 9.59 Å². The molecule has 0 atom stereocenters. The van der Waals surface area contributed by atoms with Crippen molar-refractivity contribution in [2.24, 2.45) is 0 Å². The lowest BCUT2D eigenvalue weighted by Crippen LogP contribution is -2.65.